The highest BCUT2D eigenvalue weighted by Gasteiger charge is 2.33. The monoisotopic (exact) mass is 603 g/mol. The summed E-state index contributed by atoms with van der Waals surface area (Å²) in [6.07, 6.45) is 0. The molecular formula is C30H35Cl2N3O4S. The van der Waals surface area contributed by atoms with Crippen LogP contribution in [0.1, 0.15) is 44.4 Å². The zero-order valence-electron chi connectivity index (χ0n) is 23.5. The predicted molar refractivity (Wildman–Crippen MR) is 161 cm³/mol. The molecule has 3 aromatic rings. The Morgan fingerprint density at radius 3 is 2.12 bits per heavy atom. The van der Waals surface area contributed by atoms with Crippen molar-refractivity contribution in [2.24, 2.45) is 0 Å². The summed E-state index contributed by atoms with van der Waals surface area (Å²) in [6.45, 7) is 10.2. The molecule has 1 atom stereocenters. The Hall–Kier alpha value is -3.07. The molecule has 0 bridgehead atoms. The Morgan fingerprint density at radius 1 is 0.925 bits per heavy atom. The molecule has 214 valence electrons. The second-order valence-electron chi connectivity index (χ2n) is 10.8. The van der Waals surface area contributed by atoms with Crippen LogP contribution in [0.3, 0.4) is 0 Å². The van der Waals surface area contributed by atoms with Gasteiger partial charge in [-0.3, -0.25) is 13.9 Å². The Morgan fingerprint density at radius 2 is 1.55 bits per heavy atom. The molecule has 0 aliphatic rings. The van der Waals surface area contributed by atoms with E-state index >= 15 is 0 Å². The lowest BCUT2D eigenvalue weighted by molar-refractivity contribution is -0.140. The standard InChI is InChI=1S/C30H35Cl2N3O4S/c1-20-11-15-25(16-12-20)40(38,39)35(24-14-13-21(2)27(32)17-24)19-28(36)34(18-23-9-7-8-10-26(23)31)22(3)29(37)33-30(4,5)6/h7-17,22H,18-19H2,1-6H3,(H,33,37). The number of carbonyl (C=O) groups is 2. The van der Waals surface area contributed by atoms with Crippen LogP contribution < -0.4 is 9.62 Å². The van der Waals surface area contributed by atoms with Crippen molar-refractivity contribution in [2.45, 2.75) is 64.6 Å². The van der Waals surface area contributed by atoms with Gasteiger partial charge in [0.1, 0.15) is 12.6 Å². The molecule has 0 aliphatic heterocycles. The van der Waals surface area contributed by atoms with E-state index < -0.39 is 34.1 Å². The van der Waals surface area contributed by atoms with E-state index in [4.69, 9.17) is 23.2 Å². The minimum atomic E-state index is -4.18. The lowest BCUT2D eigenvalue weighted by Gasteiger charge is -2.33. The van der Waals surface area contributed by atoms with Crippen LogP contribution in [0.5, 0.6) is 0 Å². The zero-order chi connectivity index (χ0) is 29.8. The predicted octanol–water partition coefficient (Wildman–Crippen LogP) is 6.14. The molecule has 0 heterocycles. The first-order valence-electron chi connectivity index (χ1n) is 12.8. The van der Waals surface area contributed by atoms with Crippen molar-refractivity contribution in [1.82, 2.24) is 10.2 Å². The molecule has 0 fully saturated rings. The van der Waals surface area contributed by atoms with Crippen LogP contribution in [-0.2, 0) is 26.2 Å². The fourth-order valence-corrected chi connectivity index (χ4v) is 5.75. The molecule has 3 aromatic carbocycles. The number of anilines is 1. The maximum absolute atomic E-state index is 14.0. The minimum absolute atomic E-state index is 0.00428. The number of hydrogen-bond donors (Lipinski definition) is 1. The highest BCUT2D eigenvalue weighted by atomic mass is 35.5. The number of amides is 2. The molecule has 1 unspecified atom stereocenters. The summed E-state index contributed by atoms with van der Waals surface area (Å²) >= 11 is 12.8. The van der Waals surface area contributed by atoms with Crippen molar-refractivity contribution in [3.63, 3.8) is 0 Å². The molecule has 3 rings (SSSR count). The van der Waals surface area contributed by atoms with E-state index in [1.54, 1.807) is 62.4 Å². The maximum Gasteiger partial charge on any atom is 0.264 e. The summed E-state index contributed by atoms with van der Waals surface area (Å²) in [5, 5.41) is 3.69. The molecule has 0 aliphatic carbocycles. The number of nitrogens with one attached hydrogen (secondary N) is 1. The van der Waals surface area contributed by atoms with Gasteiger partial charge in [-0.1, -0.05) is 65.2 Å². The lowest BCUT2D eigenvalue weighted by atomic mass is 10.1. The van der Waals surface area contributed by atoms with E-state index in [0.29, 0.717) is 15.6 Å². The first-order chi connectivity index (χ1) is 18.6. The maximum atomic E-state index is 14.0. The molecule has 7 nitrogen and oxygen atoms in total. The van der Waals surface area contributed by atoms with Gasteiger partial charge in [0.15, 0.2) is 0 Å². The van der Waals surface area contributed by atoms with Crippen molar-refractivity contribution >= 4 is 50.7 Å². The average Bonchev–Trinajstić information content (AvgIpc) is 2.87. The van der Waals surface area contributed by atoms with Crippen molar-refractivity contribution in [3.8, 4) is 0 Å². The summed E-state index contributed by atoms with van der Waals surface area (Å²) < 4.78 is 28.9. The fraction of sp³-hybridized carbons (Fsp3) is 0.333. The Kier molecular flexibility index (Phi) is 9.93. The largest absolute Gasteiger partial charge is 0.350 e. The van der Waals surface area contributed by atoms with Crippen LogP contribution >= 0.6 is 23.2 Å². The zero-order valence-corrected chi connectivity index (χ0v) is 25.9. The molecule has 0 spiro atoms. The van der Waals surface area contributed by atoms with E-state index in [1.165, 1.54) is 23.1 Å². The first-order valence-corrected chi connectivity index (χ1v) is 15.0. The van der Waals surface area contributed by atoms with Crippen LogP contribution in [0, 0.1) is 13.8 Å². The second-order valence-corrected chi connectivity index (χ2v) is 13.5. The van der Waals surface area contributed by atoms with Gasteiger partial charge in [-0.2, -0.15) is 0 Å². The average molecular weight is 605 g/mol. The number of carbonyl (C=O) groups excluding carboxylic acids is 2. The van der Waals surface area contributed by atoms with E-state index in [9.17, 15) is 18.0 Å². The van der Waals surface area contributed by atoms with Crippen LogP contribution in [0.4, 0.5) is 5.69 Å². The molecule has 40 heavy (non-hydrogen) atoms. The third kappa shape index (κ3) is 7.77. The van der Waals surface area contributed by atoms with Gasteiger partial charge in [-0.15, -0.1) is 0 Å². The smallest absolute Gasteiger partial charge is 0.264 e. The fourth-order valence-electron chi connectivity index (χ4n) is 3.97. The van der Waals surface area contributed by atoms with E-state index in [-0.39, 0.29) is 23.0 Å². The third-order valence-electron chi connectivity index (χ3n) is 6.30. The highest BCUT2D eigenvalue weighted by Crippen LogP contribution is 2.29. The molecule has 10 heteroatoms. The van der Waals surface area contributed by atoms with Crippen LogP contribution in [0.2, 0.25) is 10.0 Å². The van der Waals surface area contributed by atoms with Gasteiger partial charge >= 0.3 is 0 Å². The summed E-state index contributed by atoms with van der Waals surface area (Å²) in [5.41, 5.74) is 1.97. The van der Waals surface area contributed by atoms with Crippen LogP contribution in [0.15, 0.2) is 71.6 Å². The number of sulfonamides is 1. The molecule has 1 N–H and O–H groups in total. The molecule has 0 radical (unpaired) electrons. The van der Waals surface area contributed by atoms with Gasteiger partial charge < -0.3 is 10.2 Å². The van der Waals surface area contributed by atoms with Gasteiger partial charge in [0, 0.05) is 22.1 Å². The summed E-state index contributed by atoms with van der Waals surface area (Å²) in [7, 11) is -4.18. The highest BCUT2D eigenvalue weighted by molar-refractivity contribution is 7.92. The van der Waals surface area contributed by atoms with Crippen molar-refractivity contribution < 1.29 is 18.0 Å². The molecule has 0 saturated heterocycles. The normalized spacial score (nSPS) is 12.5. The summed E-state index contributed by atoms with van der Waals surface area (Å²) in [4.78, 5) is 28.6. The number of nitrogens with zero attached hydrogens (tertiary/aromatic N) is 2. The number of hydrogen-bond acceptors (Lipinski definition) is 4. The number of benzene rings is 3. The van der Waals surface area contributed by atoms with Crippen LogP contribution in [-0.4, -0.2) is 43.3 Å². The van der Waals surface area contributed by atoms with Crippen LogP contribution in [0.25, 0.3) is 0 Å². The molecule has 0 saturated carbocycles. The second kappa shape index (κ2) is 12.6. The van der Waals surface area contributed by atoms with Gasteiger partial charge in [0.05, 0.1) is 10.6 Å². The minimum Gasteiger partial charge on any atom is -0.350 e. The number of aryl methyl sites for hydroxylation is 2. The lowest BCUT2D eigenvalue weighted by Crippen LogP contribution is -2.54. The molecular weight excluding hydrogens is 569 g/mol. The van der Waals surface area contributed by atoms with Crippen molar-refractivity contribution in [3.05, 3.63) is 93.5 Å². The summed E-state index contributed by atoms with van der Waals surface area (Å²) in [5.74, 6) is -0.955. The van der Waals surface area contributed by atoms with Gasteiger partial charge in [0.2, 0.25) is 11.8 Å². The Bertz CT molecular complexity index is 1490. The quantitative estimate of drug-likeness (QED) is 0.318. The topological polar surface area (TPSA) is 86.8 Å². The summed E-state index contributed by atoms with van der Waals surface area (Å²) in [6, 6.07) is 17.3. The third-order valence-corrected chi connectivity index (χ3v) is 8.86. The van der Waals surface area contributed by atoms with Crippen molar-refractivity contribution in [1.29, 1.82) is 0 Å². The molecule has 2 amide bonds. The number of halogens is 2. The molecule has 0 aromatic heterocycles. The number of rotatable bonds is 9. The van der Waals surface area contributed by atoms with E-state index in [2.05, 4.69) is 5.32 Å². The van der Waals surface area contributed by atoms with Gasteiger partial charge in [-0.05, 0) is 83.0 Å². The Labute approximate surface area is 247 Å². The van der Waals surface area contributed by atoms with E-state index in [1.807, 2.05) is 27.7 Å². The van der Waals surface area contributed by atoms with Gasteiger partial charge in [-0.25, -0.2) is 8.42 Å². The Balaban J connectivity index is 2.08. The van der Waals surface area contributed by atoms with Crippen molar-refractivity contribution in [2.75, 3.05) is 10.8 Å². The van der Waals surface area contributed by atoms with Gasteiger partial charge in [0.25, 0.3) is 10.0 Å². The first kappa shape index (κ1) is 31.5. The SMILES string of the molecule is Cc1ccc(S(=O)(=O)N(CC(=O)N(Cc2ccccc2Cl)C(C)C(=O)NC(C)(C)C)c2ccc(C)c(Cl)c2)cc1. The van der Waals surface area contributed by atoms with E-state index in [0.717, 1.165) is 15.4 Å².